The summed E-state index contributed by atoms with van der Waals surface area (Å²) in [5.41, 5.74) is 2.33. The van der Waals surface area contributed by atoms with Gasteiger partial charge in [-0.15, -0.1) is 0 Å². The van der Waals surface area contributed by atoms with Gasteiger partial charge in [0, 0.05) is 25.1 Å². The van der Waals surface area contributed by atoms with Crippen molar-refractivity contribution in [2.75, 3.05) is 27.4 Å². The van der Waals surface area contributed by atoms with E-state index >= 15 is 0 Å². The Balaban J connectivity index is 2.04. The number of hydrogen-bond donors (Lipinski definition) is 2. The molecule has 98 valence electrons. The van der Waals surface area contributed by atoms with Crippen LogP contribution in [0.25, 0.3) is 0 Å². The normalized spacial score (nSPS) is 15.8. The first-order valence-corrected chi connectivity index (χ1v) is 6.68. The molecule has 0 atom stereocenters. The van der Waals surface area contributed by atoms with Gasteiger partial charge in [0.15, 0.2) is 0 Å². The topological polar surface area (TPSA) is 36.5 Å². The summed E-state index contributed by atoms with van der Waals surface area (Å²) in [4.78, 5) is 2.05. The molecule has 0 aliphatic carbocycles. The third-order valence-corrected chi connectivity index (χ3v) is 3.32. The van der Waals surface area contributed by atoms with Crippen LogP contribution in [-0.2, 0) is 11.3 Å². The van der Waals surface area contributed by atoms with E-state index in [2.05, 4.69) is 38.7 Å². The van der Waals surface area contributed by atoms with Crippen LogP contribution in [-0.4, -0.2) is 32.3 Å². The van der Waals surface area contributed by atoms with Crippen molar-refractivity contribution in [3.63, 3.8) is 0 Å². The van der Waals surface area contributed by atoms with Crippen LogP contribution < -0.4 is 10.6 Å². The molecular weight excluding hydrogens is 294 g/mol. The second kappa shape index (κ2) is 6.11. The van der Waals surface area contributed by atoms with Gasteiger partial charge < -0.3 is 20.3 Å². The Morgan fingerprint density at radius 3 is 3.00 bits per heavy atom. The average molecular weight is 312 g/mol. The van der Waals surface area contributed by atoms with Crippen LogP contribution in [0.3, 0.4) is 0 Å². The van der Waals surface area contributed by atoms with E-state index in [0.717, 1.165) is 22.5 Å². The van der Waals surface area contributed by atoms with Crippen LogP contribution >= 0.6 is 15.9 Å². The summed E-state index contributed by atoms with van der Waals surface area (Å²) in [5.74, 6) is 1.09. The molecule has 0 unspecified atom stereocenters. The summed E-state index contributed by atoms with van der Waals surface area (Å²) in [6, 6.07) is 8.28. The van der Waals surface area contributed by atoms with Crippen LogP contribution in [0.15, 0.2) is 40.3 Å². The van der Waals surface area contributed by atoms with E-state index in [1.807, 2.05) is 31.1 Å². The summed E-state index contributed by atoms with van der Waals surface area (Å²) in [6.07, 6.45) is 0. The fourth-order valence-corrected chi connectivity index (χ4v) is 2.43. The Morgan fingerprint density at radius 2 is 2.28 bits per heavy atom. The van der Waals surface area contributed by atoms with E-state index in [9.17, 15) is 0 Å². The zero-order valence-corrected chi connectivity index (χ0v) is 12.3. The van der Waals surface area contributed by atoms with Crippen molar-refractivity contribution in [3.05, 3.63) is 45.8 Å². The molecule has 0 bridgehead atoms. The molecule has 1 aliphatic heterocycles. The molecule has 1 aromatic carbocycles. The molecule has 18 heavy (non-hydrogen) atoms. The molecule has 2 N–H and O–H groups in total. The first-order chi connectivity index (χ1) is 8.70. The summed E-state index contributed by atoms with van der Waals surface area (Å²) >= 11 is 3.48. The molecule has 0 aromatic heterocycles. The van der Waals surface area contributed by atoms with Gasteiger partial charge in [-0.25, -0.2) is 0 Å². The average Bonchev–Trinajstić information content (AvgIpc) is 2.36. The molecule has 0 saturated carbocycles. The number of ether oxygens (including phenoxy) is 1. The fraction of sp³-hybridized carbons (Fsp3) is 0.385. The predicted molar refractivity (Wildman–Crippen MR) is 75.6 cm³/mol. The zero-order chi connectivity index (χ0) is 13.0. The summed E-state index contributed by atoms with van der Waals surface area (Å²) in [7, 11) is 3.93. The SMILES string of the molecule is CNC1=C(NCc2cccc(Br)c2)COCN1C. The van der Waals surface area contributed by atoms with Crippen LogP contribution in [0.2, 0.25) is 0 Å². The molecule has 2 rings (SSSR count). The highest BCUT2D eigenvalue weighted by Crippen LogP contribution is 2.14. The van der Waals surface area contributed by atoms with Gasteiger partial charge in [0.05, 0.1) is 12.3 Å². The van der Waals surface area contributed by atoms with E-state index in [0.29, 0.717) is 13.3 Å². The minimum Gasteiger partial charge on any atom is -0.379 e. The Hall–Kier alpha value is -1.20. The largest absolute Gasteiger partial charge is 0.379 e. The fourth-order valence-electron chi connectivity index (χ4n) is 1.98. The Kier molecular flexibility index (Phi) is 4.49. The lowest BCUT2D eigenvalue weighted by Gasteiger charge is -2.30. The highest BCUT2D eigenvalue weighted by Gasteiger charge is 2.15. The lowest BCUT2D eigenvalue weighted by atomic mass is 10.2. The number of nitrogens with zero attached hydrogens (tertiary/aromatic N) is 1. The van der Waals surface area contributed by atoms with Gasteiger partial charge in [-0.3, -0.25) is 0 Å². The molecule has 1 aliphatic rings. The molecule has 1 heterocycles. The van der Waals surface area contributed by atoms with Crippen molar-refractivity contribution in [2.45, 2.75) is 6.54 Å². The molecule has 4 nitrogen and oxygen atoms in total. The summed E-state index contributed by atoms with van der Waals surface area (Å²) in [6.45, 7) is 2.03. The number of rotatable bonds is 4. The second-order valence-electron chi connectivity index (χ2n) is 4.24. The van der Waals surface area contributed by atoms with E-state index < -0.39 is 0 Å². The number of nitrogens with one attached hydrogen (secondary N) is 2. The maximum absolute atomic E-state index is 5.49. The van der Waals surface area contributed by atoms with Crippen molar-refractivity contribution in [2.24, 2.45) is 0 Å². The van der Waals surface area contributed by atoms with Gasteiger partial charge in [-0.2, -0.15) is 0 Å². The van der Waals surface area contributed by atoms with Gasteiger partial charge in [-0.1, -0.05) is 28.1 Å². The monoisotopic (exact) mass is 311 g/mol. The quantitative estimate of drug-likeness (QED) is 0.890. The summed E-state index contributed by atoms with van der Waals surface area (Å²) in [5, 5.41) is 6.63. The van der Waals surface area contributed by atoms with Crippen LogP contribution in [0.5, 0.6) is 0 Å². The van der Waals surface area contributed by atoms with Crippen molar-refractivity contribution >= 4 is 15.9 Å². The highest BCUT2D eigenvalue weighted by atomic mass is 79.9. The molecule has 0 fully saturated rings. The minimum atomic E-state index is 0.620. The first kappa shape index (κ1) is 13.2. The number of halogens is 1. The van der Waals surface area contributed by atoms with Crippen LogP contribution in [0.1, 0.15) is 5.56 Å². The van der Waals surface area contributed by atoms with Gasteiger partial charge >= 0.3 is 0 Å². The van der Waals surface area contributed by atoms with Gasteiger partial charge in [0.25, 0.3) is 0 Å². The minimum absolute atomic E-state index is 0.620. The molecule has 0 saturated heterocycles. The maximum atomic E-state index is 5.49. The lowest BCUT2D eigenvalue weighted by Crippen LogP contribution is -2.38. The predicted octanol–water partition coefficient (Wildman–Crippen LogP) is 1.85. The summed E-state index contributed by atoms with van der Waals surface area (Å²) < 4.78 is 6.59. The second-order valence-corrected chi connectivity index (χ2v) is 5.15. The molecule has 0 amide bonds. The Bertz CT molecular complexity index is 448. The van der Waals surface area contributed by atoms with Gasteiger partial charge in [0.2, 0.25) is 0 Å². The van der Waals surface area contributed by atoms with Crippen molar-refractivity contribution in [3.8, 4) is 0 Å². The molecule has 0 spiro atoms. The van der Waals surface area contributed by atoms with Gasteiger partial charge in [-0.05, 0) is 17.7 Å². The third-order valence-electron chi connectivity index (χ3n) is 2.83. The van der Waals surface area contributed by atoms with Crippen molar-refractivity contribution in [1.82, 2.24) is 15.5 Å². The Labute approximate surface area is 116 Å². The van der Waals surface area contributed by atoms with E-state index in [1.54, 1.807) is 0 Å². The third kappa shape index (κ3) is 3.17. The Morgan fingerprint density at radius 1 is 1.44 bits per heavy atom. The van der Waals surface area contributed by atoms with Crippen LogP contribution in [0.4, 0.5) is 0 Å². The standard InChI is InChI=1S/C13H18BrN3O/c1-15-13-12(8-18-9-17(13)2)16-7-10-4-3-5-11(14)6-10/h3-6,15-16H,7-9H2,1-2H3. The molecular formula is C13H18BrN3O. The van der Waals surface area contributed by atoms with Crippen molar-refractivity contribution < 1.29 is 4.74 Å². The zero-order valence-electron chi connectivity index (χ0n) is 10.7. The smallest absolute Gasteiger partial charge is 0.125 e. The van der Waals surface area contributed by atoms with Crippen LogP contribution in [0, 0.1) is 0 Å². The number of benzene rings is 1. The lowest BCUT2D eigenvalue weighted by molar-refractivity contribution is 0.0457. The highest BCUT2D eigenvalue weighted by molar-refractivity contribution is 9.10. The molecule has 5 heteroatoms. The maximum Gasteiger partial charge on any atom is 0.125 e. The molecule has 1 aromatic rings. The van der Waals surface area contributed by atoms with Gasteiger partial charge in [0.1, 0.15) is 12.6 Å². The van der Waals surface area contributed by atoms with Crippen molar-refractivity contribution in [1.29, 1.82) is 0 Å². The van der Waals surface area contributed by atoms with E-state index in [-0.39, 0.29) is 0 Å². The first-order valence-electron chi connectivity index (χ1n) is 5.89. The van der Waals surface area contributed by atoms with E-state index in [1.165, 1.54) is 5.56 Å². The van der Waals surface area contributed by atoms with E-state index in [4.69, 9.17) is 4.74 Å². The molecule has 0 radical (unpaired) electrons. The number of hydrogen-bond acceptors (Lipinski definition) is 4.